The fourth-order valence-corrected chi connectivity index (χ4v) is 2.89. The number of nitrogens with zero attached hydrogens (tertiary/aromatic N) is 1. The smallest absolute Gasteiger partial charge is 0.241 e. The van der Waals surface area contributed by atoms with Gasteiger partial charge >= 0.3 is 0 Å². The standard InChI is InChI=1S/C17H26N2O/c1-4-10-19-16(11-13(2)3)18-15(17(19)20)12-14-8-6-5-7-9-14/h5-9,13,15-16,18H,4,10-12H2,1-3H3. The summed E-state index contributed by atoms with van der Waals surface area (Å²) in [7, 11) is 0. The molecule has 1 amide bonds. The maximum Gasteiger partial charge on any atom is 0.241 e. The van der Waals surface area contributed by atoms with Gasteiger partial charge in [0.15, 0.2) is 0 Å². The molecule has 1 aliphatic heterocycles. The SMILES string of the molecule is CCCN1C(=O)C(Cc2ccccc2)NC1CC(C)C. The van der Waals surface area contributed by atoms with Crippen LogP contribution < -0.4 is 5.32 Å². The Morgan fingerprint density at radius 2 is 1.95 bits per heavy atom. The number of nitrogens with one attached hydrogen (secondary N) is 1. The van der Waals surface area contributed by atoms with E-state index in [2.05, 4.69) is 38.2 Å². The Bertz CT molecular complexity index is 430. The lowest BCUT2D eigenvalue weighted by Gasteiger charge is -2.25. The molecule has 0 aromatic heterocycles. The van der Waals surface area contributed by atoms with Crippen molar-refractivity contribution in [3.63, 3.8) is 0 Å². The maximum absolute atomic E-state index is 12.6. The largest absolute Gasteiger partial charge is 0.326 e. The van der Waals surface area contributed by atoms with E-state index in [0.29, 0.717) is 5.92 Å². The second-order valence-corrected chi connectivity index (χ2v) is 6.09. The summed E-state index contributed by atoms with van der Waals surface area (Å²) >= 11 is 0. The molecule has 0 aliphatic carbocycles. The Morgan fingerprint density at radius 1 is 1.25 bits per heavy atom. The van der Waals surface area contributed by atoms with Gasteiger partial charge in [0.2, 0.25) is 5.91 Å². The molecule has 110 valence electrons. The summed E-state index contributed by atoms with van der Waals surface area (Å²) < 4.78 is 0. The van der Waals surface area contributed by atoms with Crippen LogP contribution >= 0.6 is 0 Å². The number of hydrogen-bond donors (Lipinski definition) is 1. The van der Waals surface area contributed by atoms with Gasteiger partial charge in [-0.05, 0) is 30.7 Å². The summed E-state index contributed by atoms with van der Waals surface area (Å²) in [5.74, 6) is 0.858. The van der Waals surface area contributed by atoms with Gasteiger partial charge in [0.1, 0.15) is 0 Å². The highest BCUT2D eigenvalue weighted by Crippen LogP contribution is 2.20. The molecule has 2 unspecified atom stereocenters. The van der Waals surface area contributed by atoms with Crippen LogP contribution in [0.15, 0.2) is 30.3 Å². The molecule has 1 fully saturated rings. The van der Waals surface area contributed by atoms with E-state index < -0.39 is 0 Å². The van der Waals surface area contributed by atoms with Crippen molar-refractivity contribution in [3.05, 3.63) is 35.9 Å². The van der Waals surface area contributed by atoms with E-state index in [0.717, 1.165) is 25.8 Å². The van der Waals surface area contributed by atoms with E-state index in [1.807, 2.05) is 23.1 Å². The molecule has 2 rings (SSSR count). The van der Waals surface area contributed by atoms with Crippen LogP contribution in [0.2, 0.25) is 0 Å². The molecular weight excluding hydrogens is 248 g/mol. The molecule has 3 nitrogen and oxygen atoms in total. The minimum Gasteiger partial charge on any atom is -0.326 e. The van der Waals surface area contributed by atoms with E-state index >= 15 is 0 Å². The third-order valence-corrected chi connectivity index (χ3v) is 3.79. The predicted molar refractivity (Wildman–Crippen MR) is 82.3 cm³/mol. The number of amides is 1. The normalized spacial score (nSPS) is 22.8. The Labute approximate surface area is 122 Å². The second-order valence-electron chi connectivity index (χ2n) is 6.09. The van der Waals surface area contributed by atoms with Crippen molar-refractivity contribution in [2.24, 2.45) is 5.92 Å². The average Bonchev–Trinajstić information content (AvgIpc) is 2.68. The fraction of sp³-hybridized carbons (Fsp3) is 0.588. The van der Waals surface area contributed by atoms with E-state index in [-0.39, 0.29) is 18.1 Å². The molecule has 1 aromatic carbocycles. The van der Waals surface area contributed by atoms with Crippen LogP contribution in [-0.4, -0.2) is 29.6 Å². The lowest BCUT2D eigenvalue weighted by molar-refractivity contribution is -0.130. The van der Waals surface area contributed by atoms with Gasteiger partial charge in [-0.1, -0.05) is 51.1 Å². The lowest BCUT2D eigenvalue weighted by atomic mass is 10.1. The van der Waals surface area contributed by atoms with Crippen molar-refractivity contribution in [2.75, 3.05) is 6.54 Å². The first-order chi connectivity index (χ1) is 9.61. The molecule has 0 bridgehead atoms. The highest BCUT2D eigenvalue weighted by Gasteiger charge is 2.38. The van der Waals surface area contributed by atoms with E-state index in [4.69, 9.17) is 0 Å². The molecule has 1 aromatic rings. The van der Waals surface area contributed by atoms with Gasteiger partial charge in [0.25, 0.3) is 0 Å². The number of carbonyl (C=O) groups excluding carboxylic acids is 1. The van der Waals surface area contributed by atoms with Crippen molar-refractivity contribution in [1.29, 1.82) is 0 Å². The van der Waals surface area contributed by atoms with Gasteiger partial charge in [-0.15, -0.1) is 0 Å². The number of benzene rings is 1. The van der Waals surface area contributed by atoms with Crippen molar-refractivity contribution in [2.45, 2.75) is 52.2 Å². The zero-order valence-corrected chi connectivity index (χ0v) is 12.8. The van der Waals surface area contributed by atoms with E-state index in [1.165, 1.54) is 5.56 Å². The monoisotopic (exact) mass is 274 g/mol. The molecular formula is C17H26N2O. The van der Waals surface area contributed by atoms with Gasteiger partial charge in [0.05, 0.1) is 12.2 Å². The molecule has 3 heteroatoms. The van der Waals surface area contributed by atoms with Crippen molar-refractivity contribution in [1.82, 2.24) is 10.2 Å². The molecule has 1 saturated heterocycles. The number of rotatable bonds is 6. The number of carbonyl (C=O) groups is 1. The van der Waals surface area contributed by atoms with Crippen molar-refractivity contribution >= 4 is 5.91 Å². The van der Waals surface area contributed by atoms with Crippen LogP contribution in [0.25, 0.3) is 0 Å². The Hall–Kier alpha value is -1.35. The van der Waals surface area contributed by atoms with Gasteiger partial charge in [-0.2, -0.15) is 0 Å². The average molecular weight is 274 g/mol. The van der Waals surface area contributed by atoms with Crippen LogP contribution in [0.3, 0.4) is 0 Å². The molecule has 0 spiro atoms. The van der Waals surface area contributed by atoms with Crippen molar-refractivity contribution in [3.8, 4) is 0 Å². The van der Waals surface area contributed by atoms with Gasteiger partial charge in [-0.3, -0.25) is 10.1 Å². The second kappa shape index (κ2) is 6.89. The first kappa shape index (κ1) is 15.0. The van der Waals surface area contributed by atoms with Gasteiger partial charge in [-0.25, -0.2) is 0 Å². The summed E-state index contributed by atoms with van der Waals surface area (Å²) in [4.78, 5) is 14.6. The quantitative estimate of drug-likeness (QED) is 0.865. The molecule has 1 heterocycles. The molecule has 1 N–H and O–H groups in total. The molecule has 0 radical (unpaired) electrons. The summed E-state index contributed by atoms with van der Waals surface area (Å²) in [5.41, 5.74) is 1.22. The Kier molecular flexibility index (Phi) is 5.18. The van der Waals surface area contributed by atoms with Crippen LogP contribution in [-0.2, 0) is 11.2 Å². The Balaban J connectivity index is 2.05. The molecule has 2 atom stereocenters. The number of hydrogen-bond acceptors (Lipinski definition) is 2. The Morgan fingerprint density at radius 3 is 2.55 bits per heavy atom. The van der Waals surface area contributed by atoms with Crippen molar-refractivity contribution < 1.29 is 4.79 Å². The lowest BCUT2D eigenvalue weighted by Crippen LogP contribution is -2.38. The summed E-state index contributed by atoms with van der Waals surface area (Å²) in [6.07, 6.45) is 3.03. The van der Waals surface area contributed by atoms with E-state index in [1.54, 1.807) is 0 Å². The molecule has 1 aliphatic rings. The van der Waals surface area contributed by atoms with Crippen LogP contribution in [0.1, 0.15) is 39.2 Å². The molecule has 20 heavy (non-hydrogen) atoms. The van der Waals surface area contributed by atoms with Crippen LogP contribution in [0.5, 0.6) is 0 Å². The first-order valence-corrected chi connectivity index (χ1v) is 7.72. The van der Waals surface area contributed by atoms with Crippen LogP contribution in [0, 0.1) is 5.92 Å². The topological polar surface area (TPSA) is 32.3 Å². The first-order valence-electron chi connectivity index (χ1n) is 7.72. The van der Waals surface area contributed by atoms with Gasteiger partial charge in [0, 0.05) is 6.54 Å². The van der Waals surface area contributed by atoms with E-state index in [9.17, 15) is 4.79 Å². The highest BCUT2D eigenvalue weighted by atomic mass is 16.2. The zero-order chi connectivity index (χ0) is 14.5. The zero-order valence-electron chi connectivity index (χ0n) is 12.8. The minimum atomic E-state index is -0.0623. The van der Waals surface area contributed by atoms with Crippen LogP contribution in [0.4, 0.5) is 0 Å². The summed E-state index contributed by atoms with van der Waals surface area (Å²) in [6.45, 7) is 7.40. The summed E-state index contributed by atoms with van der Waals surface area (Å²) in [6, 6.07) is 10.2. The third-order valence-electron chi connectivity index (χ3n) is 3.79. The van der Waals surface area contributed by atoms with Gasteiger partial charge < -0.3 is 4.90 Å². The fourth-order valence-electron chi connectivity index (χ4n) is 2.89. The highest BCUT2D eigenvalue weighted by molar-refractivity contribution is 5.84. The summed E-state index contributed by atoms with van der Waals surface area (Å²) in [5, 5.41) is 3.53. The maximum atomic E-state index is 12.6. The minimum absolute atomic E-state index is 0.0623. The third kappa shape index (κ3) is 3.60. The molecule has 0 saturated carbocycles. The predicted octanol–water partition coefficient (Wildman–Crippen LogP) is 2.81.